The van der Waals surface area contributed by atoms with Crippen molar-refractivity contribution >= 4 is 0 Å². The molecular formula is C11H10FNO3. The molecule has 0 unspecified atom stereocenters. The Morgan fingerprint density at radius 3 is 2.75 bits per heavy atom. The number of hydrogen-bond acceptors (Lipinski definition) is 4. The van der Waals surface area contributed by atoms with E-state index in [4.69, 9.17) is 9.26 Å². The van der Waals surface area contributed by atoms with E-state index in [-0.39, 0.29) is 18.4 Å². The van der Waals surface area contributed by atoms with Gasteiger partial charge in [-0.3, -0.25) is 0 Å². The highest BCUT2D eigenvalue weighted by Crippen LogP contribution is 2.28. The first-order valence-corrected chi connectivity index (χ1v) is 4.65. The molecule has 16 heavy (non-hydrogen) atoms. The topological polar surface area (TPSA) is 44.5 Å². The number of nitrogens with zero attached hydrogens (tertiary/aromatic N) is 1. The van der Waals surface area contributed by atoms with Crippen molar-refractivity contribution in [3.05, 3.63) is 36.1 Å². The van der Waals surface area contributed by atoms with Gasteiger partial charge in [0.1, 0.15) is 0 Å². The Morgan fingerprint density at radius 1 is 1.31 bits per heavy atom. The van der Waals surface area contributed by atoms with Crippen molar-refractivity contribution in [2.45, 2.75) is 0 Å². The zero-order valence-corrected chi connectivity index (χ0v) is 8.64. The third-order valence-electron chi connectivity index (χ3n) is 1.96. The van der Waals surface area contributed by atoms with Crippen LogP contribution in [0.15, 0.2) is 34.9 Å². The minimum absolute atomic E-state index is 0.0618. The first kappa shape index (κ1) is 10.6. The van der Waals surface area contributed by atoms with Crippen LogP contribution in [0.3, 0.4) is 0 Å². The highest BCUT2D eigenvalue weighted by Gasteiger charge is 2.18. The molecule has 0 aliphatic heterocycles. The van der Waals surface area contributed by atoms with Crippen LogP contribution in [0.25, 0.3) is 11.3 Å². The number of halogens is 1. The minimum Gasteiger partial charge on any atom is -0.446 e. The molecule has 0 N–H and O–H groups in total. The molecule has 0 amide bonds. The van der Waals surface area contributed by atoms with E-state index in [1.807, 2.05) is 6.07 Å². The Kier molecular flexibility index (Phi) is 3.16. The summed E-state index contributed by atoms with van der Waals surface area (Å²) in [5.74, 6) is -0.754. The van der Waals surface area contributed by atoms with E-state index in [9.17, 15) is 4.39 Å². The molecule has 2 rings (SSSR count). The molecule has 0 fully saturated rings. The lowest BCUT2D eigenvalue weighted by molar-refractivity contribution is 0.0429. The molecule has 5 heteroatoms. The van der Waals surface area contributed by atoms with Gasteiger partial charge in [0.05, 0.1) is 0 Å². The molecular weight excluding hydrogens is 213 g/mol. The van der Waals surface area contributed by atoms with Gasteiger partial charge in [-0.25, -0.2) is 0 Å². The summed E-state index contributed by atoms with van der Waals surface area (Å²) in [6, 6.07) is 8.85. The maximum absolute atomic E-state index is 13.7. The largest absolute Gasteiger partial charge is 0.446 e. The Hall–Kier alpha value is -1.88. The summed E-state index contributed by atoms with van der Waals surface area (Å²) in [5.41, 5.74) is 0.611. The molecule has 84 valence electrons. The Labute approximate surface area is 91.6 Å². The van der Waals surface area contributed by atoms with Crippen molar-refractivity contribution in [3.8, 4) is 17.2 Å². The lowest BCUT2D eigenvalue weighted by atomic mass is 10.2. The monoisotopic (exact) mass is 223 g/mol. The van der Waals surface area contributed by atoms with E-state index < -0.39 is 5.82 Å². The van der Waals surface area contributed by atoms with E-state index in [1.165, 1.54) is 7.11 Å². The van der Waals surface area contributed by atoms with Crippen molar-refractivity contribution in [2.24, 2.45) is 0 Å². The molecule has 4 nitrogen and oxygen atoms in total. The highest BCUT2D eigenvalue weighted by atomic mass is 19.1. The fourth-order valence-electron chi connectivity index (χ4n) is 1.24. The van der Waals surface area contributed by atoms with Crippen LogP contribution in [0.4, 0.5) is 4.39 Å². The second-order valence-electron chi connectivity index (χ2n) is 3.05. The summed E-state index contributed by atoms with van der Waals surface area (Å²) < 4.78 is 28.1. The standard InChI is InChI=1S/C11H10FNO3/c1-14-7-15-11-9(12)10(16-13-11)8-5-3-2-4-6-8/h2-6H,7H2,1H3. The average molecular weight is 223 g/mol. The molecule has 0 spiro atoms. The van der Waals surface area contributed by atoms with E-state index in [1.54, 1.807) is 24.3 Å². The van der Waals surface area contributed by atoms with Gasteiger partial charge in [0.15, 0.2) is 6.79 Å². The second-order valence-corrected chi connectivity index (χ2v) is 3.05. The average Bonchev–Trinajstić information content (AvgIpc) is 2.69. The molecule has 0 saturated carbocycles. The third-order valence-corrected chi connectivity index (χ3v) is 1.96. The first-order chi connectivity index (χ1) is 7.83. The number of benzene rings is 1. The van der Waals surface area contributed by atoms with Gasteiger partial charge in [0.25, 0.3) is 5.88 Å². The Balaban J connectivity index is 2.27. The van der Waals surface area contributed by atoms with E-state index in [0.717, 1.165) is 0 Å². The molecule has 2 aromatic rings. The van der Waals surface area contributed by atoms with Crippen molar-refractivity contribution in [1.82, 2.24) is 5.16 Å². The summed E-state index contributed by atoms with van der Waals surface area (Å²) in [7, 11) is 1.44. The van der Waals surface area contributed by atoms with Crippen molar-refractivity contribution in [3.63, 3.8) is 0 Å². The zero-order chi connectivity index (χ0) is 11.4. The molecule has 1 aromatic heterocycles. The fraction of sp³-hybridized carbons (Fsp3) is 0.182. The summed E-state index contributed by atoms with van der Waals surface area (Å²) in [4.78, 5) is 0. The van der Waals surface area contributed by atoms with Gasteiger partial charge in [-0.05, 0) is 5.16 Å². The summed E-state index contributed by atoms with van der Waals surface area (Å²) in [6.07, 6.45) is 0. The quantitative estimate of drug-likeness (QED) is 0.747. The lowest BCUT2D eigenvalue weighted by Crippen LogP contribution is -2.00. The van der Waals surface area contributed by atoms with Crippen LogP contribution in [-0.4, -0.2) is 19.1 Å². The number of methoxy groups -OCH3 is 1. The first-order valence-electron chi connectivity index (χ1n) is 4.65. The van der Waals surface area contributed by atoms with E-state index in [2.05, 4.69) is 9.89 Å². The molecule has 0 bridgehead atoms. The molecule has 1 aromatic carbocycles. The minimum atomic E-state index is -0.622. The van der Waals surface area contributed by atoms with Gasteiger partial charge in [-0.15, -0.1) is 0 Å². The van der Waals surface area contributed by atoms with Crippen LogP contribution in [0.5, 0.6) is 5.88 Å². The van der Waals surface area contributed by atoms with E-state index in [0.29, 0.717) is 5.56 Å². The maximum atomic E-state index is 13.7. The smallest absolute Gasteiger partial charge is 0.293 e. The lowest BCUT2D eigenvalue weighted by Gasteiger charge is -1.98. The maximum Gasteiger partial charge on any atom is 0.293 e. The SMILES string of the molecule is COCOc1noc(-c2ccccc2)c1F. The number of aromatic nitrogens is 1. The number of ether oxygens (including phenoxy) is 2. The van der Waals surface area contributed by atoms with Crippen molar-refractivity contribution in [2.75, 3.05) is 13.9 Å². The van der Waals surface area contributed by atoms with Gasteiger partial charge >= 0.3 is 0 Å². The third kappa shape index (κ3) is 2.04. The number of hydrogen-bond donors (Lipinski definition) is 0. The summed E-state index contributed by atoms with van der Waals surface area (Å²) in [5, 5.41) is 3.48. The van der Waals surface area contributed by atoms with Gasteiger partial charge in [0, 0.05) is 12.7 Å². The predicted octanol–water partition coefficient (Wildman–Crippen LogP) is 2.46. The van der Waals surface area contributed by atoms with Gasteiger partial charge < -0.3 is 14.0 Å². The van der Waals surface area contributed by atoms with Crippen molar-refractivity contribution in [1.29, 1.82) is 0 Å². The van der Waals surface area contributed by atoms with Crippen LogP contribution >= 0.6 is 0 Å². The Morgan fingerprint density at radius 2 is 2.06 bits per heavy atom. The molecule has 0 aliphatic rings. The van der Waals surface area contributed by atoms with Crippen LogP contribution in [0, 0.1) is 5.82 Å². The van der Waals surface area contributed by atoms with Crippen LogP contribution < -0.4 is 4.74 Å². The summed E-state index contributed by atoms with van der Waals surface area (Å²) >= 11 is 0. The van der Waals surface area contributed by atoms with Crippen LogP contribution in [-0.2, 0) is 4.74 Å². The molecule has 0 atom stereocenters. The van der Waals surface area contributed by atoms with Crippen LogP contribution in [0.1, 0.15) is 0 Å². The van der Waals surface area contributed by atoms with Gasteiger partial charge in [-0.2, -0.15) is 4.39 Å². The van der Waals surface area contributed by atoms with E-state index >= 15 is 0 Å². The fourth-order valence-corrected chi connectivity index (χ4v) is 1.24. The van der Waals surface area contributed by atoms with Crippen molar-refractivity contribution < 1.29 is 18.4 Å². The Bertz CT molecular complexity index is 456. The van der Waals surface area contributed by atoms with Crippen LogP contribution in [0.2, 0.25) is 0 Å². The summed E-state index contributed by atoms with van der Waals surface area (Å²) in [6.45, 7) is -0.0717. The molecule has 0 radical (unpaired) electrons. The predicted molar refractivity (Wildman–Crippen MR) is 54.4 cm³/mol. The second kappa shape index (κ2) is 4.76. The molecule has 0 aliphatic carbocycles. The molecule has 0 saturated heterocycles. The van der Waals surface area contributed by atoms with Gasteiger partial charge in [0.2, 0.25) is 11.6 Å². The molecule has 1 heterocycles. The van der Waals surface area contributed by atoms with Gasteiger partial charge in [-0.1, -0.05) is 30.3 Å². The zero-order valence-electron chi connectivity index (χ0n) is 8.64. The highest BCUT2D eigenvalue weighted by molar-refractivity contribution is 5.58. The number of rotatable bonds is 4. The normalized spacial score (nSPS) is 10.4.